The quantitative estimate of drug-likeness (QED) is 0.686. The van der Waals surface area contributed by atoms with Gasteiger partial charge in [0.25, 0.3) is 5.56 Å². The number of carbonyl (C=O) groups excluding carboxylic acids is 1. The Morgan fingerprint density at radius 2 is 2.00 bits per heavy atom. The Kier molecular flexibility index (Phi) is 6.06. The number of nitrogens with zero attached hydrogens (tertiary/aromatic N) is 5. The molecule has 8 nitrogen and oxygen atoms in total. The van der Waals surface area contributed by atoms with E-state index in [1.54, 1.807) is 13.2 Å². The van der Waals surface area contributed by atoms with Gasteiger partial charge in [-0.05, 0) is 43.9 Å². The highest BCUT2D eigenvalue weighted by Gasteiger charge is 2.51. The lowest BCUT2D eigenvalue weighted by atomic mass is 9.78. The zero-order valence-corrected chi connectivity index (χ0v) is 19.9. The predicted molar refractivity (Wildman–Crippen MR) is 127 cm³/mol. The number of pyridine rings is 2. The molecule has 0 unspecified atom stereocenters. The minimum atomic E-state index is -0.410. The molecule has 1 saturated carbocycles. The molecule has 1 atom stereocenters. The van der Waals surface area contributed by atoms with Crippen LogP contribution in [0.4, 0.5) is 15.0 Å². The van der Waals surface area contributed by atoms with E-state index in [0.29, 0.717) is 23.8 Å². The molecule has 2 aromatic heterocycles. The highest BCUT2D eigenvalue weighted by atomic mass is 19.1. The topological polar surface area (TPSA) is 70.9 Å². The summed E-state index contributed by atoms with van der Waals surface area (Å²) in [5.74, 6) is 0.313. The number of hydrogen-bond acceptors (Lipinski definition) is 6. The number of rotatable bonds is 4. The van der Waals surface area contributed by atoms with Crippen molar-refractivity contribution in [2.24, 2.45) is 12.5 Å². The van der Waals surface area contributed by atoms with E-state index < -0.39 is 5.82 Å². The third-order valence-electron chi connectivity index (χ3n) is 7.63. The number of aromatic nitrogens is 2. The molecule has 1 amide bonds. The molecule has 34 heavy (non-hydrogen) atoms. The first kappa shape index (κ1) is 22.8. The molecule has 182 valence electrons. The third kappa shape index (κ3) is 4.29. The summed E-state index contributed by atoms with van der Waals surface area (Å²) in [6.07, 6.45) is 6.19. The van der Waals surface area contributed by atoms with Gasteiger partial charge in [-0.2, -0.15) is 0 Å². The Labute approximate surface area is 198 Å². The Bertz CT molecular complexity index is 1120. The van der Waals surface area contributed by atoms with E-state index in [1.165, 1.54) is 22.9 Å². The predicted octanol–water partition coefficient (Wildman–Crippen LogP) is 2.72. The minimum Gasteiger partial charge on any atom is -0.450 e. The van der Waals surface area contributed by atoms with Gasteiger partial charge in [0, 0.05) is 75.6 Å². The average molecular weight is 470 g/mol. The molecule has 9 heteroatoms. The fourth-order valence-electron chi connectivity index (χ4n) is 5.79. The van der Waals surface area contributed by atoms with Gasteiger partial charge in [0.15, 0.2) is 0 Å². The van der Waals surface area contributed by atoms with Crippen molar-refractivity contribution in [3.8, 4) is 11.1 Å². The van der Waals surface area contributed by atoms with Crippen molar-refractivity contribution >= 4 is 11.9 Å². The molecule has 1 aliphatic carbocycles. The Morgan fingerprint density at radius 3 is 2.71 bits per heavy atom. The van der Waals surface area contributed by atoms with Crippen molar-refractivity contribution in [3.63, 3.8) is 0 Å². The second-order valence-electron chi connectivity index (χ2n) is 9.86. The number of hydrogen-bond donors (Lipinski definition) is 0. The van der Waals surface area contributed by atoms with Gasteiger partial charge >= 0.3 is 6.09 Å². The van der Waals surface area contributed by atoms with Crippen molar-refractivity contribution in [2.45, 2.75) is 32.2 Å². The molecule has 3 fully saturated rings. The maximum absolute atomic E-state index is 14.1. The lowest BCUT2D eigenvalue weighted by molar-refractivity contribution is -0.00294. The smallest absolute Gasteiger partial charge is 0.409 e. The van der Waals surface area contributed by atoms with Gasteiger partial charge < -0.3 is 19.1 Å². The monoisotopic (exact) mass is 469 g/mol. The van der Waals surface area contributed by atoms with Crippen LogP contribution in [0.2, 0.25) is 0 Å². The fraction of sp³-hybridized carbons (Fsp3) is 0.560. The number of halogens is 1. The maximum Gasteiger partial charge on any atom is 0.409 e. The van der Waals surface area contributed by atoms with Gasteiger partial charge in [0.2, 0.25) is 0 Å². The minimum absolute atomic E-state index is 0.134. The van der Waals surface area contributed by atoms with Crippen LogP contribution in [-0.2, 0) is 11.8 Å². The number of anilines is 1. The van der Waals surface area contributed by atoms with Crippen LogP contribution >= 0.6 is 0 Å². The van der Waals surface area contributed by atoms with E-state index in [9.17, 15) is 14.0 Å². The lowest BCUT2D eigenvalue weighted by Crippen LogP contribution is -2.58. The van der Waals surface area contributed by atoms with E-state index in [4.69, 9.17) is 4.74 Å². The standard InChI is InChI=1S/C25H32FN5O3/c1-3-34-24(33)31-16-25(17-31)6-4-20(14-25)29-8-10-30(11-9-29)23-21(13-19(26)15-27-23)18-5-7-28(2)22(32)12-18/h5,7,12-13,15,20H,3-4,6,8-11,14,16-17H2,1-2H3/t20-/m1/s1. The maximum atomic E-state index is 14.1. The first-order chi connectivity index (χ1) is 16.4. The Hall–Kier alpha value is -2.94. The molecule has 2 aliphatic heterocycles. The number of amides is 1. The van der Waals surface area contributed by atoms with E-state index >= 15 is 0 Å². The van der Waals surface area contributed by atoms with Crippen LogP contribution < -0.4 is 10.5 Å². The summed E-state index contributed by atoms with van der Waals surface area (Å²) in [6.45, 7) is 7.30. The van der Waals surface area contributed by atoms with Gasteiger partial charge in [0.1, 0.15) is 11.6 Å². The van der Waals surface area contributed by atoms with Gasteiger partial charge in [-0.15, -0.1) is 0 Å². The summed E-state index contributed by atoms with van der Waals surface area (Å²) in [5.41, 5.74) is 1.45. The number of piperazine rings is 1. The van der Waals surface area contributed by atoms with E-state index in [0.717, 1.165) is 64.3 Å². The molecular weight excluding hydrogens is 437 g/mol. The number of aryl methyl sites for hydroxylation is 1. The SMILES string of the molecule is CCOC(=O)N1CC2(CC[C@@H](N3CCN(c4ncc(F)cc4-c4ccn(C)c(=O)c4)CC3)C2)C1. The summed E-state index contributed by atoms with van der Waals surface area (Å²) in [6, 6.07) is 5.36. The van der Waals surface area contributed by atoms with Gasteiger partial charge in [-0.1, -0.05) is 0 Å². The Morgan fingerprint density at radius 1 is 1.24 bits per heavy atom. The van der Waals surface area contributed by atoms with Crippen molar-refractivity contribution in [2.75, 3.05) is 50.8 Å². The molecule has 0 aromatic carbocycles. The fourth-order valence-corrected chi connectivity index (χ4v) is 5.79. The van der Waals surface area contributed by atoms with Crippen LogP contribution in [0.5, 0.6) is 0 Å². The van der Waals surface area contributed by atoms with Crippen LogP contribution in [0, 0.1) is 11.2 Å². The highest BCUT2D eigenvalue weighted by molar-refractivity contribution is 5.75. The largest absolute Gasteiger partial charge is 0.450 e. The zero-order valence-electron chi connectivity index (χ0n) is 19.9. The van der Waals surface area contributed by atoms with Crippen LogP contribution in [-0.4, -0.2) is 77.4 Å². The molecule has 5 rings (SSSR count). The average Bonchev–Trinajstić information content (AvgIpc) is 3.26. The second kappa shape index (κ2) is 9.02. The van der Waals surface area contributed by atoms with E-state index in [-0.39, 0.29) is 17.1 Å². The van der Waals surface area contributed by atoms with Crippen molar-refractivity contribution in [1.82, 2.24) is 19.4 Å². The van der Waals surface area contributed by atoms with Gasteiger partial charge in [-0.3, -0.25) is 9.69 Å². The summed E-state index contributed by atoms with van der Waals surface area (Å²) >= 11 is 0. The van der Waals surface area contributed by atoms with Crippen LogP contribution in [0.25, 0.3) is 11.1 Å². The first-order valence-electron chi connectivity index (χ1n) is 12.1. The van der Waals surface area contributed by atoms with Crippen LogP contribution in [0.15, 0.2) is 35.4 Å². The van der Waals surface area contributed by atoms with E-state index in [2.05, 4.69) is 14.8 Å². The zero-order chi connectivity index (χ0) is 23.9. The van der Waals surface area contributed by atoms with Gasteiger partial charge in [-0.25, -0.2) is 14.2 Å². The molecule has 0 bridgehead atoms. The number of carbonyl (C=O) groups is 1. The number of likely N-dealkylation sites (tertiary alicyclic amines) is 1. The summed E-state index contributed by atoms with van der Waals surface area (Å²) in [7, 11) is 1.70. The van der Waals surface area contributed by atoms with Gasteiger partial charge in [0.05, 0.1) is 12.8 Å². The molecule has 4 heterocycles. The first-order valence-corrected chi connectivity index (χ1v) is 12.1. The molecule has 1 spiro atoms. The molecule has 3 aliphatic rings. The summed E-state index contributed by atoms with van der Waals surface area (Å²) < 4.78 is 20.7. The Balaban J connectivity index is 1.22. The van der Waals surface area contributed by atoms with E-state index in [1.807, 2.05) is 17.9 Å². The molecule has 0 radical (unpaired) electrons. The number of ether oxygens (including phenoxy) is 1. The molecule has 2 saturated heterocycles. The molecular formula is C25H32FN5O3. The van der Waals surface area contributed by atoms with Crippen LogP contribution in [0.3, 0.4) is 0 Å². The molecule has 0 N–H and O–H groups in total. The van der Waals surface area contributed by atoms with Crippen molar-refractivity contribution in [3.05, 3.63) is 46.8 Å². The molecule has 2 aromatic rings. The summed E-state index contributed by atoms with van der Waals surface area (Å²) in [4.78, 5) is 35.1. The van der Waals surface area contributed by atoms with Crippen molar-refractivity contribution < 1.29 is 13.9 Å². The lowest BCUT2D eigenvalue weighted by Gasteiger charge is -2.48. The normalized spacial score (nSPS) is 22.1. The van der Waals surface area contributed by atoms with Crippen molar-refractivity contribution in [1.29, 1.82) is 0 Å². The summed E-state index contributed by atoms with van der Waals surface area (Å²) in [5, 5.41) is 0. The second-order valence-corrected chi connectivity index (χ2v) is 9.86. The van der Waals surface area contributed by atoms with Crippen LogP contribution in [0.1, 0.15) is 26.2 Å². The third-order valence-corrected chi connectivity index (χ3v) is 7.63. The highest BCUT2D eigenvalue weighted by Crippen LogP contribution is 2.47.